The summed E-state index contributed by atoms with van der Waals surface area (Å²) in [5.41, 5.74) is 0. The summed E-state index contributed by atoms with van der Waals surface area (Å²) in [4.78, 5) is 15.0. The van der Waals surface area contributed by atoms with E-state index >= 15 is 0 Å². The van der Waals surface area contributed by atoms with Crippen molar-refractivity contribution in [3.8, 4) is 0 Å². The topological polar surface area (TPSA) is 79.3 Å². The van der Waals surface area contributed by atoms with Crippen molar-refractivity contribution in [2.45, 2.75) is 28.6 Å². The van der Waals surface area contributed by atoms with Gasteiger partial charge in [-0.25, -0.2) is 18.4 Å². The quantitative estimate of drug-likeness (QED) is 0.597. The zero-order valence-electron chi connectivity index (χ0n) is 13.1. The molecule has 0 amide bonds. The van der Waals surface area contributed by atoms with Crippen LogP contribution in [0.15, 0.2) is 46.8 Å². The first kappa shape index (κ1) is 15.8. The van der Waals surface area contributed by atoms with Gasteiger partial charge < -0.3 is 4.90 Å². The first-order valence-corrected chi connectivity index (χ1v) is 10.3. The van der Waals surface area contributed by atoms with Crippen molar-refractivity contribution in [3.63, 3.8) is 0 Å². The van der Waals surface area contributed by atoms with Gasteiger partial charge in [0.2, 0.25) is 10.0 Å². The van der Waals surface area contributed by atoms with Crippen LogP contribution in [-0.2, 0) is 10.0 Å². The van der Waals surface area contributed by atoms with E-state index in [1.807, 2.05) is 12.3 Å². The van der Waals surface area contributed by atoms with Crippen LogP contribution >= 0.6 is 11.8 Å². The first-order valence-electron chi connectivity index (χ1n) is 7.65. The second-order valence-electron chi connectivity index (χ2n) is 5.87. The second kappa shape index (κ2) is 5.98. The van der Waals surface area contributed by atoms with Gasteiger partial charge in [-0.05, 0) is 30.9 Å². The maximum absolute atomic E-state index is 12.8. The molecule has 2 atom stereocenters. The van der Waals surface area contributed by atoms with Crippen molar-refractivity contribution in [2.24, 2.45) is 0 Å². The minimum Gasteiger partial charge on any atom is -0.353 e. The van der Waals surface area contributed by atoms with Gasteiger partial charge in [0.1, 0.15) is 10.7 Å². The van der Waals surface area contributed by atoms with Crippen LogP contribution in [0.25, 0.3) is 0 Å². The summed E-state index contributed by atoms with van der Waals surface area (Å²) < 4.78 is 27.3. The van der Waals surface area contributed by atoms with Crippen LogP contribution in [0.2, 0.25) is 0 Å². The van der Waals surface area contributed by atoms with E-state index in [1.54, 1.807) is 28.8 Å². The van der Waals surface area contributed by atoms with E-state index in [2.05, 4.69) is 19.9 Å². The number of rotatable bonds is 4. The fraction of sp³-hybridized carbons (Fsp3) is 0.400. The van der Waals surface area contributed by atoms with Gasteiger partial charge in [-0.3, -0.25) is 4.98 Å². The van der Waals surface area contributed by atoms with E-state index in [9.17, 15) is 8.42 Å². The average molecular weight is 363 g/mol. The summed E-state index contributed by atoms with van der Waals surface area (Å²) >= 11 is 1.50. The normalized spacial score (nSPS) is 23.8. The van der Waals surface area contributed by atoms with Crippen molar-refractivity contribution in [3.05, 3.63) is 36.8 Å². The maximum Gasteiger partial charge on any atom is 0.245 e. The Morgan fingerprint density at radius 2 is 2.00 bits per heavy atom. The van der Waals surface area contributed by atoms with E-state index in [0.717, 1.165) is 17.4 Å². The SMILES string of the molecule is CSc1nccc(N2CC3CC(C2)N3S(=O)(=O)c2cccnc2)n1. The Morgan fingerprint density at radius 1 is 1.21 bits per heavy atom. The van der Waals surface area contributed by atoms with E-state index in [0.29, 0.717) is 13.1 Å². The number of piperidine rings is 1. The minimum atomic E-state index is -3.47. The molecule has 0 N–H and O–H groups in total. The molecular weight excluding hydrogens is 346 g/mol. The average Bonchev–Trinajstić information content (AvgIpc) is 2.62. The molecule has 0 saturated carbocycles. The predicted octanol–water partition coefficient (Wildman–Crippen LogP) is 1.25. The molecule has 9 heteroatoms. The van der Waals surface area contributed by atoms with Gasteiger partial charge in [-0.15, -0.1) is 0 Å². The van der Waals surface area contributed by atoms with Crippen LogP contribution in [0.1, 0.15) is 6.42 Å². The fourth-order valence-electron chi connectivity index (χ4n) is 3.38. The lowest BCUT2D eigenvalue weighted by Gasteiger charge is -2.55. The van der Waals surface area contributed by atoms with Crippen LogP contribution in [0.5, 0.6) is 0 Å². The predicted molar refractivity (Wildman–Crippen MR) is 91.5 cm³/mol. The zero-order valence-corrected chi connectivity index (χ0v) is 14.7. The van der Waals surface area contributed by atoms with Crippen molar-refractivity contribution < 1.29 is 8.42 Å². The lowest BCUT2D eigenvalue weighted by molar-refractivity contribution is 0.0873. The fourth-order valence-corrected chi connectivity index (χ4v) is 5.51. The van der Waals surface area contributed by atoms with Crippen LogP contribution in [0, 0.1) is 0 Å². The molecule has 2 unspecified atom stereocenters. The van der Waals surface area contributed by atoms with Crippen LogP contribution in [0.4, 0.5) is 5.82 Å². The third-order valence-electron chi connectivity index (χ3n) is 4.46. The van der Waals surface area contributed by atoms with Crippen LogP contribution < -0.4 is 4.90 Å². The van der Waals surface area contributed by atoms with E-state index < -0.39 is 10.0 Å². The molecule has 126 valence electrons. The van der Waals surface area contributed by atoms with Gasteiger partial charge in [0.05, 0.1) is 0 Å². The zero-order chi connectivity index (χ0) is 16.7. The number of aromatic nitrogens is 3. The molecule has 7 nitrogen and oxygen atoms in total. The van der Waals surface area contributed by atoms with Crippen molar-refractivity contribution in [1.29, 1.82) is 0 Å². The number of nitrogens with zero attached hydrogens (tertiary/aromatic N) is 5. The number of sulfonamides is 1. The number of fused-ring (bicyclic) bond motifs is 2. The Labute approximate surface area is 145 Å². The Kier molecular flexibility index (Phi) is 3.93. The lowest BCUT2D eigenvalue weighted by atomic mass is 9.91. The molecule has 3 aliphatic heterocycles. The minimum absolute atomic E-state index is 0.0124. The molecule has 5 heterocycles. The molecule has 24 heavy (non-hydrogen) atoms. The highest BCUT2D eigenvalue weighted by atomic mass is 32.2. The molecular formula is C15H17N5O2S2. The Bertz CT molecular complexity index is 834. The second-order valence-corrected chi connectivity index (χ2v) is 8.49. The third-order valence-corrected chi connectivity index (χ3v) is 7.01. The summed E-state index contributed by atoms with van der Waals surface area (Å²) in [5, 5.41) is 0.728. The van der Waals surface area contributed by atoms with Gasteiger partial charge in [0.25, 0.3) is 0 Å². The van der Waals surface area contributed by atoms with Gasteiger partial charge in [-0.2, -0.15) is 4.31 Å². The number of thioether (sulfide) groups is 1. The highest BCUT2D eigenvalue weighted by Gasteiger charge is 2.51. The molecule has 0 spiro atoms. The number of piperazine rings is 1. The standard InChI is InChI=1S/C15H17N5O2S2/c1-23-15-17-6-4-14(18-15)19-9-11-7-12(10-19)20(11)24(21,22)13-3-2-5-16-8-13/h2-6,8,11-12H,7,9-10H2,1H3. The molecule has 3 fully saturated rings. The number of hydrogen-bond acceptors (Lipinski definition) is 7. The summed E-state index contributed by atoms with van der Waals surface area (Å²) in [6, 6.07) is 5.11. The Hall–Kier alpha value is -1.71. The lowest BCUT2D eigenvalue weighted by Crippen LogP contribution is -2.70. The van der Waals surface area contributed by atoms with Crippen molar-refractivity contribution in [1.82, 2.24) is 19.3 Å². The summed E-state index contributed by atoms with van der Waals surface area (Å²) in [6.07, 6.45) is 7.58. The molecule has 0 aromatic carbocycles. The van der Waals surface area contributed by atoms with Gasteiger partial charge in [0.15, 0.2) is 5.16 Å². The molecule has 2 aromatic rings. The van der Waals surface area contributed by atoms with E-state index in [1.165, 1.54) is 18.0 Å². The van der Waals surface area contributed by atoms with Gasteiger partial charge in [0, 0.05) is 43.8 Å². The molecule has 0 aliphatic carbocycles. The molecule has 3 saturated heterocycles. The molecule has 2 aromatic heterocycles. The van der Waals surface area contributed by atoms with Crippen LogP contribution in [0.3, 0.4) is 0 Å². The van der Waals surface area contributed by atoms with Crippen molar-refractivity contribution in [2.75, 3.05) is 24.2 Å². The molecule has 3 aliphatic rings. The number of hydrogen-bond donors (Lipinski definition) is 0. The summed E-state index contributed by atoms with van der Waals surface area (Å²) in [6.45, 7) is 1.31. The third kappa shape index (κ3) is 2.56. The number of pyridine rings is 1. The monoisotopic (exact) mass is 363 g/mol. The summed E-state index contributed by atoms with van der Waals surface area (Å²) in [7, 11) is -3.47. The van der Waals surface area contributed by atoms with Gasteiger partial charge in [-0.1, -0.05) is 11.8 Å². The smallest absolute Gasteiger partial charge is 0.245 e. The molecule has 0 radical (unpaired) electrons. The Balaban J connectivity index is 1.55. The maximum atomic E-state index is 12.8. The van der Waals surface area contributed by atoms with E-state index in [4.69, 9.17) is 0 Å². The largest absolute Gasteiger partial charge is 0.353 e. The van der Waals surface area contributed by atoms with E-state index in [-0.39, 0.29) is 17.0 Å². The van der Waals surface area contributed by atoms with Crippen LogP contribution in [-0.4, -0.2) is 59.1 Å². The highest BCUT2D eigenvalue weighted by Crippen LogP contribution is 2.38. The number of anilines is 1. The summed E-state index contributed by atoms with van der Waals surface area (Å²) in [5.74, 6) is 0.863. The molecule has 5 rings (SSSR count). The first-order chi connectivity index (χ1) is 11.6. The molecule has 2 bridgehead atoms. The highest BCUT2D eigenvalue weighted by molar-refractivity contribution is 7.98. The van der Waals surface area contributed by atoms with Gasteiger partial charge >= 0.3 is 0 Å². The Morgan fingerprint density at radius 3 is 2.67 bits per heavy atom. The van der Waals surface area contributed by atoms with Crippen molar-refractivity contribution >= 4 is 27.6 Å².